The third-order valence-electron chi connectivity index (χ3n) is 1.88. The van der Waals surface area contributed by atoms with Gasteiger partial charge in [0.05, 0.1) is 4.90 Å². The molecule has 0 saturated heterocycles. The lowest BCUT2D eigenvalue weighted by molar-refractivity contribution is 0.418. The first kappa shape index (κ1) is 9.85. The smallest absolute Gasteiger partial charge is 0.214 e. The molecule has 0 unspecified atom stereocenters. The number of hydrogen-bond donors (Lipinski definition) is 0. The molecule has 78 valence electrons. The fourth-order valence-electron chi connectivity index (χ4n) is 1.16. The maximum atomic E-state index is 11.3. The van der Waals surface area contributed by atoms with E-state index in [0.717, 1.165) is 6.26 Å². The number of sulfone groups is 1. The zero-order valence-electron chi connectivity index (χ0n) is 7.91. The molecule has 0 fully saturated rings. The van der Waals surface area contributed by atoms with Crippen molar-refractivity contribution in [3.05, 3.63) is 30.7 Å². The normalized spacial score (nSPS) is 11.5. The van der Waals surface area contributed by atoms with Crippen molar-refractivity contribution >= 4 is 9.84 Å². The lowest BCUT2D eigenvalue weighted by Gasteiger charge is -1.99. The standard InChI is InChI=1S/C9H8N2O3S/c1-15(12,13)8-4-2-3-7(5-8)9-10-6-14-11-9/h2-6H,1H3. The molecule has 0 spiro atoms. The van der Waals surface area contributed by atoms with Crippen LogP contribution in [0.5, 0.6) is 0 Å². The predicted octanol–water partition coefficient (Wildman–Crippen LogP) is 1.14. The number of rotatable bonds is 2. The van der Waals surface area contributed by atoms with Gasteiger partial charge >= 0.3 is 0 Å². The van der Waals surface area contributed by atoms with Gasteiger partial charge in [-0.25, -0.2) is 8.42 Å². The summed E-state index contributed by atoms with van der Waals surface area (Å²) in [6, 6.07) is 6.40. The molecule has 0 aliphatic carbocycles. The van der Waals surface area contributed by atoms with Crippen molar-refractivity contribution < 1.29 is 12.9 Å². The molecule has 0 saturated carbocycles. The van der Waals surface area contributed by atoms with Crippen LogP contribution in [0.1, 0.15) is 0 Å². The summed E-state index contributed by atoms with van der Waals surface area (Å²) in [4.78, 5) is 4.08. The van der Waals surface area contributed by atoms with E-state index in [1.54, 1.807) is 12.1 Å². The van der Waals surface area contributed by atoms with Gasteiger partial charge in [0.25, 0.3) is 0 Å². The quantitative estimate of drug-likeness (QED) is 0.764. The zero-order chi connectivity index (χ0) is 10.9. The third-order valence-corrected chi connectivity index (χ3v) is 2.99. The summed E-state index contributed by atoms with van der Waals surface area (Å²) < 4.78 is 27.2. The minimum atomic E-state index is -3.20. The Balaban J connectivity index is 2.53. The summed E-state index contributed by atoms with van der Waals surface area (Å²) in [6.45, 7) is 0. The molecular formula is C9H8N2O3S. The van der Waals surface area contributed by atoms with Crippen LogP contribution in [0.3, 0.4) is 0 Å². The van der Waals surface area contributed by atoms with Crippen LogP contribution in [-0.2, 0) is 9.84 Å². The maximum Gasteiger partial charge on any atom is 0.214 e. The first-order chi connectivity index (χ1) is 7.07. The van der Waals surface area contributed by atoms with E-state index >= 15 is 0 Å². The Morgan fingerprint density at radius 1 is 1.33 bits per heavy atom. The fourth-order valence-corrected chi connectivity index (χ4v) is 1.83. The lowest BCUT2D eigenvalue weighted by Crippen LogP contribution is -1.96. The summed E-state index contributed by atoms with van der Waals surface area (Å²) in [7, 11) is -3.20. The van der Waals surface area contributed by atoms with Crippen molar-refractivity contribution in [2.45, 2.75) is 4.90 Å². The van der Waals surface area contributed by atoms with Crippen LogP contribution in [0.15, 0.2) is 40.1 Å². The van der Waals surface area contributed by atoms with Gasteiger partial charge < -0.3 is 4.52 Å². The van der Waals surface area contributed by atoms with Crippen LogP contribution in [0.4, 0.5) is 0 Å². The molecule has 0 amide bonds. The number of aromatic nitrogens is 2. The number of hydrogen-bond acceptors (Lipinski definition) is 5. The molecule has 2 rings (SSSR count). The molecule has 2 aromatic rings. The SMILES string of the molecule is CS(=O)(=O)c1cccc(-c2ncon2)c1. The second kappa shape index (κ2) is 3.47. The summed E-state index contributed by atoms with van der Waals surface area (Å²) in [5, 5.41) is 3.63. The van der Waals surface area contributed by atoms with E-state index < -0.39 is 9.84 Å². The highest BCUT2D eigenvalue weighted by atomic mass is 32.2. The van der Waals surface area contributed by atoms with E-state index in [0.29, 0.717) is 11.4 Å². The Morgan fingerprint density at radius 2 is 2.13 bits per heavy atom. The summed E-state index contributed by atoms with van der Waals surface area (Å²) in [5.74, 6) is 0.375. The van der Waals surface area contributed by atoms with Gasteiger partial charge in [0.2, 0.25) is 12.2 Å². The van der Waals surface area contributed by atoms with Crippen molar-refractivity contribution in [1.82, 2.24) is 10.1 Å². The Morgan fingerprint density at radius 3 is 2.73 bits per heavy atom. The van der Waals surface area contributed by atoms with Crippen molar-refractivity contribution in [1.29, 1.82) is 0 Å². The summed E-state index contributed by atoms with van der Waals surface area (Å²) in [6.07, 6.45) is 2.35. The van der Waals surface area contributed by atoms with Gasteiger partial charge in [-0.1, -0.05) is 17.3 Å². The maximum absolute atomic E-state index is 11.3. The highest BCUT2D eigenvalue weighted by Gasteiger charge is 2.09. The second-order valence-electron chi connectivity index (χ2n) is 3.05. The molecular weight excluding hydrogens is 216 g/mol. The fraction of sp³-hybridized carbons (Fsp3) is 0.111. The monoisotopic (exact) mass is 224 g/mol. The van der Waals surface area contributed by atoms with E-state index in [-0.39, 0.29) is 4.90 Å². The van der Waals surface area contributed by atoms with Gasteiger partial charge in [0, 0.05) is 11.8 Å². The summed E-state index contributed by atoms with van der Waals surface area (Å²) >= 11 is 0. The molecule has 0 aliphatic rings. The van der Waals surface area contributed by atoms with Crippen molar-refractivity contribution in [2.24, 2.45) is 0 Å². The molecule has 5 nitrogen and oxygen atoms in total. The molecule has 0 atom stereocenters. The van der Waals surface area contributed by atoms with Crippen molar-refractivity contribution in [3.63, 3.8) is 0 Å². The number of benzene rings is 1. The van der Waals surface area contributed by atoms with Gasteiger partial charge in [-0.2, -0.15) is 4.98 Å². The molecule has 1 aromatic carbocycles. The van der Waals surface area contributed by atoms with Gasteiger partial charge in [-0.15, -0.1) is 0 Å². The average Bonchev–Trinajstić information content (AvgIpc) is 2.69. The molecule has 6 heteroatoms. The number of nitrogens with zero attached hydrogens (tertiary/aromatic N) is 2. The second-order valence-corrected chi connectivity index (χ2v) is 5.07. The Labute approximate surface area is 86.7 Å². The lowest BCUT2D eigenvalue weighted by atomic mass is 10.2. The molecule has 0 N–H and O–H groups in total. The van der Waals surface area contributed by atoms with Gasteiger partial charge in [-0.3, -0.25) is 0 Å². The summed E-state index contributed by atoms with van der Waals surface area (Å²) in [5.41, 5.74) is 0.617. The van der Waals surface area contributed by atoms with Crippen LogP contribution < -0.4 is 0 Å². The van der Waals surface area contributed by atoms with Gasteiger partial charge in [-0.05, 0) is 12.1 Å². The average molecular weight is 224 g/mol. The predicted molar refractivity (Wildman–Crippen MR) is 52.8 cm³/mol. The first-order valence-electron chi connectivity index (χ1n) is 4.14. The molecule has 1 heterocycles. The molecule has 0 bridgehead atoms. The Bertz CT molecular complexity index is 561. The van der Waals surface area contributed by atoms with Gasteiger partial charge in [0.15, 0.2) is 9.84 Å². The van der Waals surface area contributed by atoms with Crippen molar-refractivity contribution in [2.75, 3.05) is 6.26 Å². The first-order valence-corrected chi connectivity index (χ1v) is 6.03. The van der Waals surface area contributed by atoms with Crippen LogP contribution in [-0.4, -0.2) is 24.8 Å². The van der Waals surface area contributed by atoms with Gasteiger partial charge in [0.1, 0.15) is 0 Å². The minimum absolute atomic E-state index is 0.241. The van der Waals surface area contributed by atoms with Crippen LogP contribution in [0.2, 0.25) is 0 Å². The van der Waals surface area contributed by atoms with Crippen LogP contribution in [0, 0.1) is 0 Å². The Kier molecular flexibility index (Phi) is 2.28. The van der Waals surface area contributed by atoms with Crippen molar-refractivity contribution in [3.8, 4) is 11.4 Å². The molecule has 0 radical (unpaired) electrons. The third kappa shape index (κ3) is 2.04. The Hall–Kier alpha value is -1.69. The van der Waals surface area contributed by atoms with E-state index in [9.17, 15) is 8.42 Å². The van der Waals surface area contributed by atoms with E-state index in [2.05, 4.69) is 14.7 Å². The zero-order valence-corrected chi connectivity index (χ0v) is 8.73. The highest BCUT2D eigenvalue weighted by molar-refractivity contribution is 7.90. The molecule has 1 aromatic heterocycles. The van der Waals surface area contributed by atoms with E-state index in [4.69, 9.17) is 0 Å². The molecule has 15 heavy (non-hydrogen) atoms. The topological polar surface area (TPSA) is 73.1 Å². The highest BCUT2D eigenvalue weighted by Crippen LogP contribution is 2.18. The van der Waals surface area contributed by atoms with E-state index in [1.165, 1.54) is 18.5 Å². The largest absolute Gasteiger partial charge is 0.342 e. The minimum Gasteiger partial charge on any atom is -0.342 e. The van der Waals surface area contributed by atoms with Crippen LogP contribution >= 0.6 is 0 Å². The molecule has 0 aliphatic heterocycles. The van der Waals surface area contributed by atoms with Crippen LogP contribution in [0.25, 0.3) is 11.4 Å². The van der Waals surface area contributed by atoms with E-state index in [1.807, 2.05) is 0 Å².